The Morgan fingerprint density at radius 3 is 2.30 bits per heavy atom. The second-order valence-corrected chi connectivity index (χ2v) is 7.52. The monoisotopic (exact) mass is 345 g/mol. The molecule has 1 amide bonds. The summed E-state index contributed by atoms with van der Waals surface area (Å²) in [6.07, 6.45) is 1.78. The lowest BCUT2D eigenvalue weighted by molar-refractivity contribution is -0.121. The lowest BCUT2D eigenvalue weighted by Gasteiger charge is -2.28. The Morgan fingerprint density at radius 2 is 1.83 bits per heavy atom. The number of halogens is 1. The number of hydrogen-bond acceptors (Lipinski definition) is 4. The number of benzene rings is 1. The van der Waals surface area contributed by atoms with Crippen molar-refractivity contribution in [3.05, 3.63) is 30.1 Å². The fourth-order valence-electron chi connectivity index (χ4n) is 2.15. The van der Waals surface area contributed by atoms with Crippen LogP contribution in [0.2, 0.25) is 0 Å². The van der Waals surface area contributed by atoms with Crippen LogP contribution >= 0.6 is 0 Å². The van der Waals surface area contributed by atoms with E-state index in [1.165, 1.54) is 19.1 Å². The average molecular weight is 345 g/mol. The highest BCUT2D eigenvalue weighted by Crippen LogP contribution is 2.21. The Labute approximate surface area is 137 Å². The summed E-state index contributed by atoms with van der Waals surface area (Å²) in [7, 11) is 0.193. The number of nitrogens with zero attached hydrogens (tertiary/aromatic N) is 2. The first-order valence-corrected chi connectivity index (χ1v) is 9.15. The summed E-state index contributed by atoms with van der Waals surface area (Å²) in [5, 5.41) is 2.73. The number of nitrogens with one attached hydrogen (secondary N) is 1. The van der Waals surface area contributed by atoms with Gasteiger partial charge in [0.05, 0.1) is 11.9 Å². The SMILES string of the molecule is C[C@@H](C(=O)NCCCN(C)C)N(c1ccc(F)cc1)S(C)(=O)=O. The lowest BCUT2D eigenvalue weighted by atomic mass is 10.2. The summed E-state index contributed by atoms with van der Waals surface area (Å²) in [5.74, 6) is -0.860. The smallest absolute Gasteiger partial charge is 0.243 e. The zero-order valence-electron chi connectivity index (χ0n) is 13.9. The zero-order valence-corrected chi connectivity index (χ0v) is 14.7. The van der Waals surface area contributed by atoms with Crippen LogP contribution in [0.1, 0.15) is 13.3 Å². The van der Waals surface area contributed by atoms with Crippen LogP contribution in [-0.2, 0) is 14.8 Å². The largest absolute Gasteiger partial charge is 0.354 e. The van der Waals surface area contributed by atoms with Crippen LogP contribution in [0.4, 0.5) is 10.1 Å². The van der Waals surface area contributed by atoms with E-state index in [-0.39, 0.29) is 5.69 Å². The highest BCUT2D eigenvalue weighted by molar-refractivity contribution is 7.92. The molecule has 0 fully saturated rings. The second-order valence-electron chi connectivity index (χ2n) is 5.66. The van der Waals surface area contributed by atoms with Crippen LogP contribution in [0.3, 0.4) is 0 Å². The van der Waals surface area contributed by atoms with Gasteiger partial charge < -0.3 is 10.2 Å². The van der Waals surface area contributed by atoms with E-state index in [2.05, 4.69) is 5.32 Å². The van der Waals surface area contributed by atoms with E-state index in [0.717, 1.165) is 35.7 Å². The molecule has 1 rings (SSSR count). The van der Waals surface area contributed by atoms with E-state index in [9.17, 15) is 17.6 Å². The first kappa shape index (κ1) is 19.4. The molecule has 8 heteroatoms. The third-order valence-corrected chi connectivity index (χ3v) is 4.49. The maximum absolute atomic E-state index is 13.0. The third-order valence-electron chi connectivity index (χ3n) is 3.25. The standard InChI is InChI=1S/C15H24FN3O3S/c1-12(15(20)17-10-5-11-18(2)3)19(23(4,21)22)14-8-6-13(16)7-9-14/h6-9,12H,5,10-11H2,1-4H3,(H,17,20)/t12-/m0/s1. The van der Waals surface area contributed by atoms with Crippen LogP contribution in [0.15, 0.2) is 24.3 Å². The molecule has 1 atom stereocenters. The van der Waals surface area contributed by atoms with Gasteiger partial charge in [0.1, 0.15) is 11.9 Å². The Bertz CT molecular complexity index is 617. The number of carbonyl (C=O) groups excluding carboxylic acids is 1. The van der Waals surface area contributed by atoms with Gasteiger partial charge in [0, 0.05) is 6.54 Å². The van der Waals surface area contributed by atoms with E-state index < -0.39 is 27.8 Å². The molecule has 0 aliphatic carbocycles. The van der Waals surface area contributed by atoms with Crippen LogP contribution in [0.5, 0.6) is 0 Å². The van der Waals surface area contributed by atoms with Crippen molar-refractivity contribution in [2.75, 3.05) is 37.7 Å². The number of amides is 1. The van der Waals surface area contributed by atoms with Crippen molar-refractivity contribution in [2.24, 2.45) is 0 Å². The predicted octanol–water partition coefficient (Wildman–Crippen LogP) is 1.05. The summed E-state index contributed by atoms with van der Waals surface area (Å²) in [5.41, 5.74) is 0.254. The molecule has 0 heterocycles. The normalized spacial score (nSPS) is 13.0. The molecule has 1 aromatic carbocycles. The van der Waals surface area contributed by atoms with Gasteiger partial charge in [0.15, 0.2) is 0 Å². The van der Waals surface area contributed by atoms with Gasteiger partial charge in [0.2, 0.25) is 15.9 Å². The van der Waals surface area contributed by atoms with Crippen LogP contribution in [0, 0.1) is 5.82 Å². The van der Waals surface area contributed by atoms with Crippen molar-refractivity contribution < 1.29 is 17.6 Å². The van der Waals surface area contributed by atoms with E-state index in [1.54, 1.807) is 0 Å². The molecule has 0 spiro atoms. The Kier molecular flexibility index (Phi) is 6.96. The zero-order chi connectivity index (χ0) is 17.6. The van der Waals surface area contributed by atoms with Gasteiger partial charge in [0.25, 0.3) is 0 Å². The molecule has 0 aromatic heterocycles. The average Bonchev–Trinajstić information content (AvgIpc) is 2.44. The van der Waals surface area contributed by atoms with E-state index in [4.69, 9.17) is 0 Å². The van der Waals surface area contributed by atoms with E-state index >= 15 is 0 Å². The minimum absolute atomic E-state index is 0.254. The molecule has 0 radical (unpaired) electrons. The molecule has 0 saturated carbocycles. The molecule has 0 bridgehead atoms. The molecule has 23 heavy (non-hydrogen) atoms. The van der Waals surface area contributed by atoms with Crippen LogP contribution in [0.25, 0.3) is 0 Å². The van der Waals surface area contributed by atoms with E-state index in [0.29, 0.717) is 6.54 Å². The Morgan fingerprint density at radius 1 is 1.26 bits per heavy atom. The molecule has 1 N–H and O–H groups in total. The summed E-state index contributed by atoms with van der Waals surface area (Å²) in [6, 6.07) is 4.08. The molecule has 0 aliphatic rings. The molecule has 6 nitrogen and oxygen atoms in total. The molecular weight excluding hydrogens is 321 g/mol. The highest BCUT2D eigenvalue weighted by Gasteiger charge is 2.28. The third kappa shape index (κ3) is 6.15. The topological polar surface area (TPSA) is 69.7 Å². The Balaban J connectivity index is 2.83. The number of carbonyl (C=O) groups is 1. The predicted molar refractivity (Wildman–Crippen MR) is 89.4 cm³/mol. The molecule has 1 aromatic rings. The van der Waals surface area contributed by atoms with Gasteiger partial charge in [-0.25, -0.2) is 12.8 Å². The highest BCUT2D eigenvalue weighted by atomic mass is 32.2. The fourth-order valence-corrected chi connectivity index (χ4v) is 3.33. The van der Waals surface area contributed by atoms with E-state index in [1.807, 2.05) is 19.0 Å². The maximum Gasteiger partial charge on any atom is 0.243 e. The molecule has 0 unspecified atom stereocenters. The summed E-state index contributed by atoms with van der Waals surface area (Å²) < 4.78 is 38.1. The maximum atomic E-state index is 13.0. The summed E-state index contributed by atoms with van der Waals surface area (Å²) in [4.78, 5) is 14.2. The van der Waals surface area contributed by atoms with Gasteiger partial charge in [-0.05, 0) is 58.3 Å². The molecule has 0 aliphatic heterocycles. The van der Waals surface area contributed by atoms with Gasteiger partial charge in [-0.1, -0.05) is 0 Å². The Hall–Kier alpha value is -1.67. The molecular formula is C15H24FN3O3S. The van der Waals surface area contributed by atoms with Crippen molar-refractivity contribution in [3.63, 3.8) is 0 Å². The first-order valence-electron chi connectivity index (χ1n) is 7.30. The van der Waals surface area contributed by atoms with Crippen molar-refractivity contribution in [1.82, 2.24) is 10.2 Å². The molecule has 130 valence electrons. The minimum atomic E-state index is -3.68. The van der Waals surface area contributed by atoms with Crippen molar-refractivity contribution in [1.29, 1.82) is 0 Å². The lowest BCUT2D eigenvalue weighted by Crippen LogP contribution is -2.48. The van der Waals surface area contributed by atoms with Gasteiger partial charge in [-0.3, -0.25) is 9.10 Å². The minimum Gasteiger partial charge on any atom is -0.354 e. The van der Waals surface area contributed by atoms with Gasteiger partial charge in [-0.2, -0.15) is 0 Å². The summed E-state index contributed by atoms with van der Waals surface area (Å²) in [6.45, 7) is 2.79. The van der Waals surface area contributed by atoms with Gasteiger partial charge in [-0.15, -0.1) is 0 Å². The van der Waals surface area contributed by atoms with Crippen LogP contribution in [-0.4, -0.2) is 58.7 Å². The van der Waals surface area contributed by atoms with Crippen molar-refractivity contribution in [3.8, 4) is 0 Å². The number of anilines is 1. The van der Waals surface area contributed by atoms with Crippen molar-refractivity contribution >= 4 is 21.6 Å². The fraction of sp³-hybridized carbons (Fsp3) is 0.533. The quantitative estimate of drug-likeness (QED) is 0.715. The van der Waals surface area contributed by atoms with Gasteiger partial charge >= 0.3 is 0 Å². The second kappa shape index (κ2) is 8.26. The number of sulfonamides is 1. The first-order chi connectivity index (χ1) is 10.6. The van der Waals surface area contributed by atoms with Crippen LogP contribution < -0.4 is 9.62 Å². The number of rotatable bonds is 8. The van der Waals surface area contributed by atoms with Crippen molar-refractivity contribution in [2.45, 2.75) is 19.4 Å². The number of hydrogen-bond donors (Lipinski definition) is 1. The molecule has 0 saturated heterocycles. The summed E-state index contributed by atoms with van der Waals surface area (Å²) >= 11 is 0.